The van der Waals surface area contributed by atoms with Crippen LogP contribution in [0.1, 0.15) is 45.2 Å². The van der Waals surface area contributed by atoms with Gasteiger partial charge in [-0.15, -0.1) is 0 Å². The van der Waals surface area contributed by atoms with E-state index >= 15 is 0 Å². The second-order valence-corrected chi connectivity index (χ2v) is 5.40. The molecule has 1 rings (SSSR count). The molecule has 1 unspecified atom stereocenters. The topological polar surface area (TPSA) is 58.2 Å². The highest BCUT2D eigenvalue weighted by atomic mass is 16.2. The summed E-state index contributed by atoms with van der Waals surface area (Å²) in [6.07, 6.45) is 1.23. The number of benzene rings is 1. The Kier molecular flexibility index (Phi) is 6.77. The highest BCUT2D eigenvalue weighted by molar-refractivity contribution is 5.79. The molecule has 0 aliphatic carbocycles. The van der Waals surface area contributed by atoms with Crippen LogP contribution in [-0.2, 0) is 9.59 Å². The Morgan fingerprint density at radius 2 is 1.80 bits per heavy atom. The molecule has 0 saturated carbocycles. The summed E-state index contributed by atoms with van der Waals surface area (Å²) < 4.78 is 0. The average molecular weight is 276 g/mol. The van der Waals surface area contributed by atoms with Gasteiger partial charge in [-0.3, -0.25) is 9.59 Å². The summed E-state index contributed by atoms with van der Waals surface area (Å²) in [4.78, 5) is 23.2. The molecule has 20 heavy (non-hydrogen) atoms. The molecule has 0 saturated heterocycles. The van der Waals surface area contributed by atoms with E-state index in [1.165, 1.54) is 6.92 Å². The highest BCUT2D eigenvalue weighted by Crippen LogP contribution is 2.16. The maximum absolute atomic E-state index is 11.9. The van der Waals surface area contributed by atoms with Crippen molar-refractivity contribution in [3.8, 4) is 0 Å². The second kappa shape index (κ2) is 8.35. The van der Waals surface area contributed by atoms with Crippen LogP contribution in [0, 0.1) is 5.92 Å². The number of rotatable bonds is 7. The van der Waals surface area contributed by atoms with Crippen LogP contribution < -0.4 is 10.6 Å². The Hall–Kier alpha value is -1.84. The first-order chi connectivity index (χ1) is 9.49. The van der Waals surface area contributed by atoms with Gasteiger partial charge in [0.2, 0.25) is 11.8 Å². The lowest BCUT2D eigenvalue weighted by atomic mass is 10.0. The van der Waals surface area contributed by atoms with Crippen molar-refractivity contribution in [3.63, 3.8) is 0 Å². The molecule has 1 atom stereocenters. The van der Waals surface area contributed by atoms with Crippen LogP contribution in [0.15, 0.2) is 30.3 Å². The first-order valence-corrected chi connectivity index (χ1v) is 7.07. The van der Waals surface area contributed by atoms with Crippen molar-refractivity contribution in [2.45, 2.75) is 39.7 Å². The van der Waals surface area contributed by atoms with Crippen molar-refractivity contribution in [1.29, 1.82) is 0 Å². The lowest BCUT2D eigenvalue weighted by Gasteiger charge is -2.18. The third-order valence-electron chi connectivity index (χ3n) is 3.01. The van der Waals surface area contributed by atoms with Gasteiger partial charge >= 0.3 is 0 Å². The minimum absolute atomic E-state index is 0.0340. The fourth-order valence-corrected chi connectivity index (χ4v) is 1.94. The molecular formula is C16H24N2O2. The van der Waals surface area contributed by atoms with Gasteiger partial charge in [-0.05, 0) is 17.9 Å². The lowest BCUT2D eigenvalue weighted by Crippen LogP contribution is -2.33. The Morgan fingerprint density at radius 1 is 1.15 bits per heavy atom. The zero-order valence-electron chi connectivity index (χ0n) is 12.5. The molecule has 0 aromatic heterocycles. The highest BCUT2D eigenvalue weighted by Gasteiger charge is 2.16. The van der Waals surface area contributed by atoms with Crippen molar-refractivity contribution in [1.82, 2.24) is 10.6 Å². The molecule has 1 aromatic rings. The van der Waals surface area contributed by atoms with Gasteiger partial charge in [0.1, 0.15) is 0 Å². The fourth-order valence-electron chi connectivity index (χ4n) is 1.94. The molecule has 0 fully saturated rings. The van der Waals surface area contributed by atoms with Gasteiger partial charge in [0, 0.05) is 13.5 Å². The summed E-state index contributed by atoms with van der Waals surface area (Å²) in [7, 11) is 0. The van der Waals surface area contributed by atoms with Crippen LogP contribution in [0.4, 0.5) is 0 Å². The van der Waals surface area contributed by atoms with Crippen LogP contribution in [0.25, 0.3) is 0 Å². The molecule has 0 spiro atoms. The van der Waals surface area contributed by atoms with E-state index in [-0.39, 0.29) is 24.3 Å². The molecule has 0 bridgehead atoms. The van der Waals surface area contributed by atoms with Crippen LogP contribution in [0.3, 0.4) is 0 Å². The van der Waals surface area contributed by atoms with E-state index < -0.39 is 0 Å². The first-order valence-electron chi connectivity index (χ1n) is 7.07. The van der Waals surface area contributed by atoms with Crippen molar-refractivity contribution in [2.24, 2.45) is 5.92 Å². The number of nitrogens with one attached hydrogen (secondary N) is 2. The van der Waals surface area contributed by atoms with Crippen molar-refractivity contribution < 1.29 is 9.59 Å². The summed E-state index contributed by atoms with van der Waals surface area (Å²) in [6.45, 7) is 6.39. The number of carbonyl (C=O) groups excluding carboxylic acids is 2. The van der Waals surface area contributed by atoms with Crippen molar-refractivity contribution in [3.05, 3.63) is 35.9 Å². The van der Waals surface area contributed by atoms with Gasteiger partial charge in [0.05, 0.1) is 12.5 Å². The van der Waals surface area contributed by atoms with E-state index in [0.29, 0.717) is 12.5 Å². The quantitative estimate of drug-likeness (QED) is 0.803. The molecule has 0 radical (unpaired) electrons. The maximum atomic E-state index is 11.9. The first kappa shape index (κ1) is 16.2. The molecule has 4 heteroatoms. The van der Waals surface area contributed by atoms with Crippen LogP contribution >= 0.6 is 0 Å². The Balaban J connectivity index is 2.57. The normalized spacial score (nSPS) is 12.0. The van der Waals surface area contributed by atoms with E-state index in [9.17, 15) is 9.59 Å². The Labute approximate surface area is 121 Å². The fraction of sp³-hybridized carbons (Fsp3) is 0.500. The Morgan fingerprint density at radius 3 is 2.35 bits per heavy atom. The summed E-state index contributed by atoms with van der Waals surface area (Å²) in [5.74, 6) is 0.401. The van der Waals surface area contributed by atoms with Gasteiger partial charge in [0.15, 0.2) is 0 Å². The average Bonchev–Trinajstić information content (AvgIpc) is 2.38. The number of hydrogen-bond acceptors (Lipinski definition) is 2. The third kappa shape index (κ3) is 6.36. The van der Waals surface area contributed by atoms with E-state index in [1.54, 1.807) is 0 Å². The smallest absolute Gasteiger partial charge is 0.222 e. The number of carbonyl (C=O) groups is 2. The predicted octanol–water partition coefficient (Wildman–Crippen LogP) is 2.42. The zero-order chi connectivity index (χ0) is 15.0. The van der Waals surface area contributed by atoms with Gasteiger partial charge in [-0.25, -0.2) is 0 Å². The summed E-state index contributed by atoms with van der Waals surface area (Å²) in [5, 5.41) is 5.72. The molecule has 1 aromatic carbocycles. The van der Waals surface area contributed by atoms with Gasteiger partial charge in [-0.1, -0.05) is 44.2 Å². The molecule has 110 valence electrons. The molecule has 0 aliphatic heterocycles. The zero-order valence-corrected chi connectivity index (χ0v) is 12.5. The van der Waals surface area contributed by atoms with E-state index in [1.807, 2.05) is 30.3 Å². The van der Waals surface area contributed by atoms with Crippen LogP contribution in [0.5, 0.6) is 0 Å². The maximum Gasteiger partial charge on any atom is 0.222 e. The Bertz CT molecular complexity index is 429. The van der Waals surface area contributed by atoms with E-state index in [4.69, 9.17) is 0 Å². The molecule has 0 heterocycles. The van der Waals surface area contributed by atoms with E-state index in [0.717, 1.165) is 12.0 Å². The second-order valence-electron chi connectivity index (χ2n) is 5.40. The molecule has 0 aliphatic rings. The standard InChI is InChI=1S/C16H24N2O2/c1-12(2)9-10-17-16(20)11-15(18-13(3)19)14-7-5-4-6-8-14/h4-8,12,15H,9-11H2,1-3H3,(H,17,20)(H,18,19). The van der Waals surface area contributed by atoms with E-state index in [2.05, 4.69) is 24.5 Å². The number of amides is 2. The van der Waals surface area contributed by atoms with Crippen LogP contribution in [0.2, 0.25) is 0 Å². The van der Waals surface area contributed by atoms with Crippen molar-refractivity contribution >= 4 is 11.8 Å². The number of hydrogen-bond donors (Lipinski definition) is 2. The largest absolute Gasteiger partial charge is 0.356 e. The van der Waals surface area contributed by atoms with Gasteiger partial charge in [-0.2, -0.15) is 0 Å². The van der Waals surface area contributed by atoms with Gasteiger partial charge in [0.25, 0.3) is 0 Å². The van der Waals surface area contributed by atoms with Crippen molar-refractivity contribution in [2.75, 3.05) is 6.54 Å². The minimum atomic E-state index is -0.271. The summed E-state index contributed by atoms with van der Waals surface area (Å²) in [6, 6.07) is 9.29. The molecular weight excluding hydrogens is 252 g/mol. The predicted molar refractivity (Wildman–Crippen MR) is 80.1 cm³/mol. The summed E-state index contributed by atoms with van der Waals surface area (Å²) in [5.41, 5.74) is 0.946. The lowest BCUT2D eigenvalue weighted by molar-refractivity contribution is -0.122. The molecule has 4 nitrogen and oxygen atoms in total. The molecule has 2 amide bonds. The van der Waals surface area contributed by atoms with Gasteiger partial charge < -0.3 is 10.6 Å². The monoisotopic (exact) mass is 276 g/mol. The van der Waals surface area contributed by atoms with Crippen LogP contribution in [-0.4, -0.2) is 18.4 Å². The SMILES string of the molecule is CC(=O)NC(CC(=O)NCCC(C)C)c1ccccc1. The third-order valence-corrected chi connectivity index (χ3v) is 3.01. The minimum Gasteiger partial charge on any atom is -0.356 e. The summed E-state index contributed by atoms with van der Waals surface area (Å²) >= 11 is 0. The molecule has 2 N–H and O–H groups in total.